The number of carbonyl (C=O) groups is 1. The topological polar surface area (TPSA) is 49.3 Å². The van der Waals surface area contributed by atoms with Gasteiger partial charge in [0, 0.05) is 0 Å². The monoisotopic (exact) mass is 471 g/mol. The predicted molar refractivity (Wildman–Crippen MR) is 110 cm³/mol. The fourth-order valence-electron chi connectivity index (χ4n) is 4.52. The number of nitrogens with one attached hydrogen (secondary N) is 1. The van der Waals surface area contributed by atoms with Crippen LogP contribution in [0, 0.1) is 24.5 Å². The Morgan fingerprint density at radius 3 is 2.28 bits per heavy atom. The van der Waals surface area contributed by atoms with Gasteiger partial charge in [0.1, 0.15) is 17.4 Å². The Labute approximate surface area is 185 Å². The molecule has 1 aliphatic carbocycles. The van der Waals surface area contributed by atoms with Crippen LogP contribution >= 0.6 is 11.6 Å². The Morgan fingerprint density at radius 2 is 1.69 bits per heavy atom. The summed E-state index contributed by atoms with van der Waals surface area (Å²) >= 11 is 5.71. The summed E-state index contributed by atoms with van der Waals surface area (Å²) in [4.78, 5) is 12.8. The highest BCUT2D eigenvalue weighted by Gasteiger charge is 2.52. The molecular weight excluding hydrogens is 453 g/mol. The number of hydrogen-bond acceptors (Lipinski definition) is 2. The van der Waals surface area contributed by atoms with Crippen LogP contribution in [0.2, 0.25) is 5.02 Å². The summed E-state index contributed by atoms with van der Waals surface area (Å²) in [6.45, 7) is 1.43. The van der Waals surface area contributed by atoms with Gasteiger partial charge in [-0.25, -0.2) is 8.78 Å². The van der Waals surface area contributed by atoms with E-state index in [-0.39, 0.29) is 58.7 Å². The van der Waals surface area contributed by atoms with E-state index in [0.717, 1.165) is 6.07 Å². The first kappa shape index (κ1) is 22.6. The minimum atomic E-state index is -4.34. The van der Waals surface area contributed by atoms with Crippen LogP contribution in [0.15, 0.2) is 36.1 Å². The maximum atomic E-state index is 14.7. The van der Waals surface area contributed by atoms with Crippen LogP contribution in [0.1, 0.15) is 36.8 Å². The van der Waals surface area contributed by atoms with Gasteiger partial charge in [-0.05, 0) is 79.1 Å². The Balaban J connectivity index is 1.76. The fourth-order valence-corrected chi connectivity index (χ4v) is 4.63. The normalized spacial score (nSPS) is 23.7. The summed E-state index contributed by atoms with van der Waals surface area (Å²) in [7, 11) is 0. The second-order valence-electron chi connectivity index (χ2n) is 8.34. The summed E-state index contributed by atoms with van der Waals surface area (Å²) < 4.78 is 67.8. The first-order chi connectivity index (χ1) is 14.9. The Bertz CT molecular complexity index is 1130. The number of amides is 1. The lowest BCUT2D eigenvalue weighted by Gasteiger charge is -2.37. The van der Waals surface area contributed by atoms with Gasteiger partial charge in [0.2, 0.25) is 0 Å². The molecule has 9 heteroatoms. The average molecular weight is 472 g/mol. The first-order valence-corrected chi connectivity index (χ1v) is 10.4. The lowest BCUT2D eigenvalue weighted by molar-refractivity contribution is -0.184. The van der Waals surface area contributed by atoms with Crippen LogP contribution in [-0.4, -0.2) is 22.7 Å². The molecule has 1 saturated carbocycles. The zero-order valence-electron chi connectivity index (χ0n) is 16.9. The van der Waals surface area contributed by atoms with Crippen LogP contribution in [0.3, 0.4) is 0 Å². The van der Waals surface area contributed by atoms with Crippen LogP contribution in [0.4, 0.5) is 22.0 Å². The first-order valence-electron chi connectivity index (χ1n) is 10.0. The molecule has 0 radical (unpaired) electrons. The van der Waals surface area contributed by atoms with Gasteiger partial charge in [0.25, 0.3) is 5.91 Å². The van der Waals surface area contributed by atoms with Crippen molar-refractivity contribution in [2.75, 3.05) is 0 Å². The molecule has 170 valence electrons. The molecule has 1 amide bonds. The van der Waals surface area contributed by atoms with Crippen molar-refractivity contribution in [3.8, 4) is 11.1 Å². The molecule has 32 heavy (non-hydrogen) atoms. The molecule has 0 aromatic heterocycles. The zero-order valence-corrected chi connectivity index (χ0v) is 17.7. The van der Waals surface area contributed by atoms with E-state index in [2.05, 4.69) is 5.32 Å². The molecule has 0 saturated heterocycles. The molecule has 4 rings (SSSR count). The molecule has 1 aliphatic heterocycles. The number of halogens is 6. The van der Waals surface area contributed by atoms with Crippen molar-refractivity contribution in [2.24, 2.45) is 5.92 Å². The smallest absolute Gasteiger partial charge is 0.391 e. The number of hydrogen-bond donors (Lipinski definition) is 2. The molecular formula is C23H19ClF5NO2. The second-order valence-corrected chi connectivity index (χ2v) is 8.74. The van der Waals surface area contributed by atoms with Gasteiger partial charge >= 0.3 is 6.18 Å². The number of alkyl halides is 3. The molecule has 1 heterocycles. The van der Waals surface area contributed by atoms with Gasteiger partial charge in [0.05, 0.1) is 22.1 Å². The van der Waals surface area contributed by atoms with Crippen LogP contribution < -0.4 is 5.32 Å². The Hall–Kier alpha value is -2.61. The Morgan fingerprint density at radius 1 is 1.06 bits per heavy atom. The highest BCUT2D eigenvalue weighted by molar-refractivity contribution is 6.30. The van der Waals surface area contributed by atoms with E-state index in [1.807, 2.05) is 0 Å². The van der Waals surface area contributed by atoms with E-state index in [9.17, 15) is 31.9 Å². The van der Waals surface area contributed by atoms with Gasteiger partial charge < -0.3 is 10.4 Å². The van der Waals surface area contributed by atoms with E-state index >= 15 is 0 Å². The third-order valence-electron chi connectivity index (χ3n) is 6.44. The maximum Gasteiger partial charge on any atom is 0.391 e. The zero-order chi connectivity index (χ0) is 23.4. The molecule has 0 unspecified atom stereocenters. The third kappa shape index (κ3) is 3.74. The summed E-state index contributed by atoms with van der Waals surface area (Å²) in [5.41, 5.74) is -0.733. The molecule has 0 atom stereocenters. The van der Waals surface area contributed by atoms with E-state index in [1.165, 1.54) is 31.2 Å². The summed E-state index contributed by atoms with van der Waals surface area (Å²) in [5.74, 6) is -3.94. The van der Waals surface area contributed by atoms with Gasteiger partial charge in [-0.3, -0.25) is 4.79 Å². The van der Waals surface area contributed by atoms with Crippen molar-refractivity contribution in [1.82, 2.24) is 5.32 Å². The average Bonchev–Trinajstić information content (AvgIpc) is 2.95. The molecule has 1 fully saturated rings. The molecule has 1 spiro atoms. The minimum absolute atomic E-state index is 0.0815. The van der Waals surface area contributed by atoms with E-state index < -0.39 is 35.2 Å². The number of rotatable bonds is 2. The van der Waals surface area contributed by atoms with Crippen molar-refractivity contribution in [3.05, 3.63) is 63.9 Å². The van der Waals surface area contributed by atoms with Crippen LogP contribution in [0.5, 0.6) is 0 Å². The van der Waals surface area contributed by atoms with Crippen molar-refractivity contribution < 1.29 is 31.9 Å². The van der Waals surface area contributed by atoms with Gasteiger partial charge in [-0.1, -0.05) is 17.7 Å². The van der Waals surface area contributed by atoms with Crippen molar-refractivity contribution in [2.45, 2.75) is 44.3 Å². The quantitative estimate of drug-likeness (QED) is 0.492. The second kappa shape index (κ2) is 7.76. The van der Waals surface area contributed by atoms with Crippen molar-refractivity contribution >= 4 is 23.1 Å². The summed E-state index contributed by atoms with van der Waals surface area (Å²) in [6.07, 6.45) is -4.98. The summed E-state index contributed by atoms with van der Waals surface area (Å²) in [6, 6.07) is 6.56. The van der Waals surface area contributed by atoms with E-state index in [0.29, 0.717) is 5.56 Å². The highest BCUT2D eigenvalue weighted by atomic mass is 35.5. The third-order valence-corrected chi connectivity index (χ3v) is 6.75. The van der Waals surface area contributed by atoms with E-state index in [4.69, 9.17) is 11.6 Å². The number of aliphatic hydroxyl groups is 1. The van der Waals surface area contributed by atoms with Gasteiger partial charge in [0.15, 0.2) is 0 Å². The summed E-state index contributed by atoms with van der Waals surface area (Å²) in [5, 5.41) is 13.5. The molecule has 2 aliphatic rings. The number of aliphatic hydroxyl groups excluding tert-OH is 1. The largest absolute Gasteiger partial charge is 0.509 e. The number of benzene rings is 2. The predicted octanol–water partition coefficient (Wildman–Crippen LogP) is 6.48. The van der Waals surface area contributed by atoms with E-state index in [1.54, 1.807) is 0 Å². The minimum Gasteiger partial charge on any atom is -0.509 e. The Kier molecular flexibility index (Phi) is 5.48. The lowest BCUT2D eigenvalue weighted by atomic mass is 9.75. The SMILES string of the molecule is Cc1c(F)cc(-c2ccc(Cl)c(F)c2)cc1C1=C(O)[C@]2(CC[C@H](C(F)(F)F)CC2)NC1=O. The van der Waals surface area contributed by atoms with Gasteiger partial charge in [-0.15, -0.1) is 0 Å². The van der Waals surface area contributed by atoms with Crippen molar-refractivity contribution in [1.29, 1.82) is 0 Å². The maximum absolute atomic E-state index is 14.7. The molecule has 0 bridgehead atoms. The standard InChI is InChI=1S/C23H19ClF5NO2/c1-11-15(8-13(10-17(11)25)12-2-3-16(24)18(26)9-12)19-20(31)22(30-21(19)32)6-4-14(5-7-22)23(27,28)29/h2-3,8-10,14,31H,4-7H2,1H3,(H,30,32)/t14-,22+. The lowest BCUT2D eigenvalue weighted by Crippen LogP contribution is -2.48. The van der Waals surface area contributed by atoms with Crippen LogP contribution in [-0.2, 0) is 4.79 Å². The fraction of sp³-hybridized carbons (Fsp3) is 0.348. The van der Waals surface area contributed by atoms with Crippen molar-refractivity contribution in [3.63, 3.8) is 0 Å². The molecule has 2 aromatic carbocycles. The van der Waals surface area contributed by atoms with Crippen LogP contribution in [0.25, 0.3) is 16.7 Å². The highest BCUT2D eigenvalue weighted by Crippen LogP contribution is 2.47. The molecule has 2 N–H and O–H groups in total. The van der Waals surface area contributed by atoms with Gasteiger partial charge in [-0.2, -0.15) is 13.2 Å². The molecule has 2 aromatic rings. The number of carbonyl (C=O) groups excluding carboxylic acids is 1. The molecule has 3 nitrogen and oxygen atoms in total.